The molecular weight excluding hydrogens is 903 g/mol. The van der Waals surface area contributed by atoms with Gasteiger partial charge >= 0.3 is 6.18 Å². The molecular formula is C53H61F4N9O4. The summed E-state index contributed by atoms with van der Waals surface area (Å²) in [6.07, 6.45) is 3.50. The summed E-state index contributed by atoms with van der Waals surface area (Å²) in [5.41, 5.74) is 2.87. The van der Waals surface area contributed by atoms with Crippen LogP contribution in [0.25, 0.3) is 0 Å². The Balaban J connectivity index is 0.726. The largest absolute Gasteiger partial charge is 0.416 e. The van der Waals surface area contributed by atoms with Crippen molar-refractivity contribution < 1.29 is 36.7 Å². The lowest BCUT2D eigenvalue weighted by molar-refractivity contribution is -0.138. The number of nitrogens with one attached hydrogen (secondary N) is 1. The van der Waals surface area contributed by atoms with E-state index in [1.807, 2.05) is 41.6 Å². The smallest absolute Gasteiger partial charge is 0.370 e. The van der Waals surface area contributed by atoms with Gasteiger partial charge in [0.2, 0.25) is 11.8 Å². The van der Waals surface area contributed by atoms with Gasteiger partial charge in [-0.25, -0.2) is 4.39 Å². The van der Waals surface area contributed by atoms with E-state index < -0.39 is 35.4 Å². The summed E-state index contributed by atoms with van der Waals surface area (Å²) >= 11 is 0. The van der Waals surface area contributed by atoms with Gasteiger partial charge in [-0.15, -0.1) is 10.2 Å². The van der Waals surface area contributed by atoms with Crippen molar-refractivity contribution in [1.82, 2.24) is 29.9 Å². The maximum absolute atomic E-state index is 16.4. The molecule has 1 saturated carbocycles. The molecule has 3 aromatic carbocycles. The number of imide groups is 1. The van der Waals surface area contributed by atoms with Gasteiger partial charge in [0.1, 0.15) is 18.2 Å². The zero-order valence-electron chi connectivity index (χ0n) is 40.6. The Bertz CT molecular complexity index is 2810. The number of carbonyl (C=O) groups excluding carboxylic acids is 4. The summed E-state index contributed by atoms with van der Waals surface area (Å²) in [5, 5.41) is 10.7. The van der Waals surface area contributed by atoms with Crippen molar-refractivity contribution in [3.63, 3.8) is 0 Å². The van der Waals surface area contributed by atoms with Gasteiger partial charge in [-0.05, 0) is 138 Å². The molecule has 4 saturated heterocycles. The summed E-state index contributed by atoms with van der Waals surface area (Å²) in [4.78, 5) is 61.6. The summed E-state index contributed by atoms with van der Waals surface area (Å²) in [7, 11) is 1.92. The SMILES string of the molecule is Cc1cc(N2CCC(C(C)(C)N3CCC4(CC3)CN(c3cc5c(c(C(F)(F)F)c3)CN(c3cccc([C@]6(Cc7nncn7C)C[C@@H](C)C6)c3)C5=O)C4)CC2)c(F)c2c1C(=O)N(C1CCC(=O)NC1=O)C2. The number of likely N-dealkylation sites (tertiary alicyclic amines) is 1. The second-order valence-corrected chi connectivity index (χ2v) is 22.3. The molecule has 7 aliphatic rings. The molecule has 4 amide bonds. The maximum Gasteiger partial charge on any atom is 0.416 e. The van der Waals surface area contributed by atoms with E-state index in [9.17, 15) is 32.3 Å². The number of halogens is 4. The van der Waals surface area contributed by atoms with Crippen molar-refractivity contribution in [2.24, 2.45) is 24.3 Å². The third-order valence-electron chi connectivity index (χ3n) is 17.7. The second-order valence-electron chi connectivity index (χ2n) is 22.3. The predicted octanol–water partition coefficient (Wildman–Crippen LogP) is 7.71. The summed E-state index contributed by atoms with van der Waals surface area (Å²) in [6, 6.07) is 11.6. The number of nitrogens with zero attached hydrogens (tertiary/aromatic N) is 8. The number of alkyl halides is 3. The minimum absolute atomic E-state index is 0.0118. The third kappa shape index (κ3) is 7.67. The van der Waals surface area contributed by atoms with Crippen molar-refractivity contribution in [2.45, 2.75) is 122 Å². The highest BCUT2D eigenvalue weighted by atomic mass is 19.4. The van der Waals surface area contributed by atoms with Crippen LogP contribution in [0.4, 0.5) is 34.6 Å². The first-order valence-corrected chi connectivity index (χ1v) is 25.0. The minimum atomic E-state index is -4.63. The lowest BCUT2D eigenvalue weighted by Gasteiger charge is -2.58. The van der Waals surface area contributed by atoms with E-state index in [4.69, 9.17) is 0 Å². The highest BCUT2D eigenvalue weighted by Gasteiger charge is 2.51. The molecule has 4 aromatic rings. The lowest BCUT2D eigenvalue weighted by atomic mass is 9.57. The predicted molar refractivity (Wildman–Crippen MR) is 255 cm³/mol. The Morgan fingerprint density at radius 2 is 1.59 bits per heavy atom. The van der Waals surface area contributed by atoms with E-state index in [0.29, 0.717) is 78.2 Å². The number of piperidine rings is 3. The Morgan fingerprint density at radius 1 is 0.857 bits per heavy atom. The van der Waals surface area contributed by atoms with Crippen LogP contribution in [0.1, 0.15) is 126 Å². The number of carbonyl (C=O) groups is 4. The molecule has 70 heavy (non-hydrogen) atoms. The Hall–Kier alpha value is -5.84. The highest BCUT2D eigenvalue weighted by Crippen LogP contribution is 2.52. The number of amides is 4. The van der Waals surface area contributed by atoms with Crippen LogP contribution < -0.4 is 20.0 Å². The molecule has 1 aromatic heterocycles. The first-order chi connectivity index (χ1) is 33.2. The van der Waals surface area contributed by atoms with E-state index in [2.05, 4.69) is 52.2 Å². The van der Waals surface area contributed by atoms with Crippen molar-refractivity contribution in [2.75, 3.05) is 54.0 Å². The molecule has 370 valence electrons. The molecule has 0 radical (unpaired) electrons. The lowest BCUT2D eigenvalue weighted by Crippen LogP contribution is -2.63. The normalized spacial score (nSPS) is 25.1. The van der Waals surface area contributed by atoms with E-state index >= 15 is 4.39 Å². The van der Waals surface area contributed by atoms with Crippen molar-refractivity contribution in [3.8, 4) is 0 Å². The number of aromatic nitrogens is 3. The Kier molecular flexibility index (Phi) is 11.1. The van der Waals surface area contributed by atoms with Crippen LogP contribution in [-0.2, 0) is 47.7 Å². The number of fused-ring (bicyclic) bond motifs is 2. The van der Waals surface area contributed by atoms with Gasteiger partial charge in [0.25, 0.3) is 11.8 Å². The summed E-state index contributed by atoms with van der Waals surface area (Å²) < 4.78 is 63.1. The van der Waals surface area contributed by atoms with Crippen LogP contribution in [0.2, 0.25) is 0 Å². The van der Waals surface area contributed by atoms with Gasteiger partial charge in [-0.3, -0.25) is 29.4 Å². The van der Waals surface area contributed by atoms with Crippen LogP contribution in [0, 0.1) is 30.0 Å². The first kappa shape index (κ1) is 46.5. The van der Waals surface area contributed by atoms with Crippen LogP contribution in [0.3, 0.4) is 0 Å². The van der Waals surface area contributed by atoms with Crippen LogP contribution in [0.15, 0.2) is 48.8 Å². The number of rotatable bonds is 9. The molecule has 1 atom stereocenters. The van der Waals surface area contributed by atoms with Gasteiger partial charge in [0.15, 0.2) is 5.82 Å². The zero-order chi connectivity index (χ0) is 49.2. The maximum atomic E-state index is 16.4. The number of aryl methyl sites for hydroxylation is 2. The molecule has 17 heteroatoms. The minimum Gasteiger partial charge on any atom is -0.370 e. The molecule has 6 aliphatic heterocycles. The fourth-order valence-electron chi connectivity index (χ4n) is 13.6. The van der Waals surface area contributed by atoms with Gasteiger partial charge in [-0.2, -0.15) is 13.2 Å². The van der Waals surface area contributed by atoms with E-state index in [1.54, 1.807) is 18.5 Å². The third-order valence-corrected chi connectivity index (χ3v) is 17.7. The summed E-state index contributed by atoms with van der Waals surface area (Å²) in [6.45, 7) is 12.7. The van der Waals surface area contributed by atoms with Crippen molar-refractivity contribution in [1.29, 1.82) is 0 Å². The number of anilines is 3. The molecule has 11 rings (SSSR count). The molecule has 13 nitrogen and oxygen atoms in total. The molecule has 7 heterocycles. The number of hydrogen-bond donors (Lipinski definition) is 1. The highest BCUT2D eigenvalue weighted by molar-refractivity contribution is 6.11. The average Bonchev–Trinajstić information content (AvgIpc) is 3.99. The average molecular weight is 964 g/mol. The van der Waals surface area contributed by atoms with Gasteiger partial charge in [0.05, 0.1) is 29.9 Å². The molecule has 5 fully saturated rings. The van der Waals surface area contributed by atoms with E-state index in [0.717, 1.165) is 63.0 Å². The molecule has 1 unspecified atom stereocenters. The Labute approximate surface area is 405 Å². The van der Waals surface area contributed by atoms with Crippen molar-refractivity contribution >= 4 is 40.7 Å². The number of hydrogen-bond acceptors (Lipinski definition) is 9. The molecule has 1 aliphatic carbocycles. The zero-order valence-corrected chi connectivity index (χ0v) is 40.6. The standard InChI is InChI=1S/C53H61F4N9O4/c1-31-23-52(24-31,25-43-60-58-30-61(43)5)34-7-6-8-35(20-34)65-26-38-37(48(65)69)21-36(22-40(38)53(55,56)57)63-28-51(29-63)13-17-64(18-14-51)50(3,4)33-11-15-62(16-12-33)42-19-32(2)45-39(46(42)54)27-66(49(45)70)41-9-10-44(67)59-47(41)68/h6-8,19-22,30-31,33,41H,9-18,23-29H2,1-5H3,(H,59,67,68)/t31-,41?,52-. The Morgan fingerprint density at radius 3 is 2.24 bits per heavy atom. The number of benzene rings is 3. The summed E-state index contributed by atoms with van der Waals surface area (Å²) in [5.74, 6) is -0.387. The second kappa shape index (κ2) is 16.6. The first-order valence-electron chi connectivity index (χ1n) is 25.0. The van der Waals surface area contributed by atoms with Gasteiger partial charge < -0.3 is 24.2 Å². The topological polar surface area (TPSA) is 127 Å². The van der Waals surface area contributed by atoms with Crippen LogP contribution in [0.5, 0.6) is 0 Å². The molecule has 1 spiro atoms. The monoisotopic (exact) mass is 963 g/mol. The fraction of sp³-hybridized carbons (Fsp3) is 0.547. The van der Waals surface area contributed by atoms with E-state index in [1.165, 1.54) is 15.9 Å². The van der Waals surface area contributed by atoms with Gasteiger partial charge in [0, 0.05) is 84.9 Å². The molecule has 1 N–H and O–H groups in total. The van der Waals surface area contributed by atoms with Crippen molar-refractivity contribution in [3.05, 3.63) is 99.4 Å². The molecule has 0 bridgehead atoms. The van der Waals surface area contributed by atoms with Crippen LogP contribution >= 0.6 is 0 Å². The fourth-order valence-corrected chi connectivity index (χ4v) is 13.6. The quantitative estimate of drug-likeness (QED) is 0.133. The van der Waals surface area contributed by atoms with E-state index in [-0.39, 0.29) is 65.2 Å². The van der Waals surface area contributed by atoms with Crippen LogP contribution in [-0.4, -0.2) is 99.0 Å². The van der Waals surface area contributed by atoms with Gasteiger partial charge in [-0.1, -0.05) is 19.1 Å².